The van der Waals surface area contributed by atoms with Gasteiger partial charge in [0.1, 0.15) is 10.8 Å². The van der Waals surface area contributed by atoms with E-state index in [1.165, 1.54) is 4.88 Å². The number of nitrogens with two attached hydrogens (primary N) is 1. The van der Waals surface area contributed by atoms with Crippen LogP contribution >= 0.6 is 11.3 Å². The minimum Gasteiger partial charge on any atom is -0.492 e. The van der Waals surface area contributed by atoms with Crippen LogP contribution in [0.3, 0.4) is 0 Å². The molecule has 3 N–H and O–H groups in total. The Hall–Kier alpha value is -1.75. The van der Waals surface area contributed by atoms with Crippen molar-refractivity contribution >= 4 is 22.7 Å². The molecule has 0 saturated heterocycles. The van der Waals surface area contributed by atoms with Crippen molar-refractivity contribution < 1.29 is 4.74 Å². The Labute approximate surface area is 111 Å². The van der Waals surface area contributed by atoms with Crippen molar-refractivity contribution in [3.8, 4) is 5.75 Å². The molecular formula is C13H17N3OS. The van der Waals surface area contributed by atoms with Crippen LogP contribution in [0.5, 0.6) is 5.75 Å². The van der Waals surface area contributed by atoms with Crippen molar-refractivity contribution in [3.63, 3.8) is 0 Å². The quantitative estimate of drug-likeness (QED) is 0.814. The van der Waals surface area contributed by atoms with Crippen LogP contribution in [0.2, 0.25) is 0 Å². The highest BCUT2D eigenvalue weighted by Gasteiger charge is 2.03. The highest BCUT2D eigenvalue weighted by Crippen LogP contribution is 2.26. The van der Waals surface area contributed by atoms with E-state index in [4.69, 9.17) is 10.5 Å². The molecule has 0 unspecified atom stereocenters. The van der Waals surface area contributed by atoms with Crippen LogP contribution < -0.4 is 15.8 Å². The number of nitrogen functional groups attached to an aromatic ring is 1. The molecule has 0 amide bonds. The monoisotopic (exact) mass is 263 g/mol. The van der Waals surface area contributed by atoms with Gasteiger partial charge in [0.25, 0.3) is 0 Å². The van der Waals surface area contributed by atoms with Crippen LogP contribution in [0, 0.1) is 6.92 Å². The minimum absolute atomic E-state index is 0.610. The van der Waals surface area contributed by atoms with E-state index in [2.05, 4.69) is 17.2 Å². The van der Waals surface area contributed by atoms with E-state index >= 15 is 0 Å². The number of aryl methyl sites for hydroxylation is 1. The number of rotatable bonds is 5. The maximum absolute atomic E-state index is 5.82. The zero-order chi connectivity index (χ0) is 13.0. The molecule has 2 aromatic rings. The lowest BCUT2D eigenvalue weighted by Gasteiger charge is -2.10. The lowest BCUT2D eigenvalue weighted by atomic mass is 10.2. The Morgan fingerprint density at radius 3 is 2.94 bits per heavy atom. The molecule has 18 heavy (non-hydrogen) atoms. The largest absolute Gasteiger partial charge is 0.492 e. The van der Waals surface area contributed by atoms with Gasteiger partial charge in [0.15, 0.2) is 0 Å². The summed E-state index contributed by atoms with van der Waals surface area (Å²) in [6.07, 6.45) is 1.89. The third-order valence-electron chi connectivity index (χ3n) is 2.43. The Bertz CT molecular complexity index is 525. The summed E-state index contributed by atoms with van der Waals surface area (Å²) in [7, 11) is 0. The molecule has 1 aromatic carbocycles. The molecule has 0 aliphatic heterocycles. The summed E-state index contributed by atoms with van der Waals surface area (Å²) in [4.78, 5) is 5.53. The zero-order valence-corrected chi connectivity index (χ0v) is 11.4. The van der Waals surface area contributed by atoms with Gasteiger partial charge in [-0.05, 0) is 26.0 Å². The number of nitrogens with one attached hydrogen (secondary N) is 1. The number of hydrogen-bond acceptors (Lipinski definition) is 5. The van der Waals surface area contributed by atoms with E-state index in [0.29, 0.717) is 18.8 Å². The number of aromatic nitrogens is 1. The number of nitrogens with zero attached hydrogens (tertiary/aromatic N) is 1. The van der Waals surface area contributed by atoms with Gasteiger partial charge in [0.2, 0.25) is 0 Å². The fraction of sp³-hybridized carbons (Fsp3) is 0.308. The molecule has 0 atom stereocenters. The van der Waals surface area contributed by atoms with Crippen LogP contribution in [-0.4, -0.2) is 11.6 Å². The van der Waals surface area contributed by atoms with Gasteiger partial charge in [-0.1, -0.05) is 0 Å². The molecule has 1 aromatic heterocycles. The lowest BCUT2D eigenvalue weighted by Crippen LogP contribution is -2.01. The maximum Gasteiger partial charge on any atom is 0.144 e. The van der Waals surface area contributed by atoms with Gasteiger partial charge in [0.05, 0.1) is 18.8 Å². The van der Waals surface area contributed by atoms with E-state index in [1.807, 2.05) is 31.3 Å². The van der Waals surface area contributed by atoms with E-state index in [0.717, 1.165) is 16.4 Å². The number of ether oxygens (including phenoxy) is 1. The average molecular weight is 263 g/mol. The van der Waals surface area contributed by atoms with E-state index in [1.54, 1.807) is 11.3 Å². The molecular weight excluding hydrogens is 246 g/mol. The van der Waals surface area contributed by atoms with Crippen molar-refractivity contribution in [3.05, 3.63) is 34.3 Å². The first-order valence-electron chi connectivity index (χ1n) is 5.86. The molecule has 4 nitrogen and oxygen atoms in total. The predicted octanol–water partition coefficient (Wildman–Crippen LogP) is 3.04. The van der Waals surface area contributed by atoms with Crippen molar-refractivity contribution in [2.24, 2.45) is 0 Å². The highest BCUT2D eigenvalue weighted by atomic mass is 32.1. The third-order valence-corrected chi connectivity index (χ3v) is 3.34. The zero-order valence-electron chi connectivity index (χ0n) is 10.6. The van der Waals surface area contributed by atoms with Crippen LogP contribution in [-0.2, 0) is 6.54 Å². The van der Waals surface area contributed by atoms with Gasteiger partial charge in [-0.2, -0.15) is 0 Å². The van der Waals surface area contributed by atoms with Crippen molar-refractivity contribution in [2.75, 3.05) is 17.7 Å². The SMILES string of the molecule is CCOc1cc(NCc2ncc(C)s2)ccc1N. The maximum atomic E-state index is 5.82. The minimum atomic E-state index is 0.610. The molecule has 96 valence electrons. The normalized spacial score (nSPS) is 10.3. The fourth-order valence-electron chi connectivity index (χ4n) is 1.59. The molecule has 0 fully saturated rings. The molecule has 0 aliphatic carbocycles. The first-order chi connectivity index (χ1) is 8.69. The summed E-state index contributed by atoms with van der Waals surface area (Å²) in [6.45, 7) is 5.32. The van der Waals surface area contributed by atoms with Crippen molar-refractivity contribution in [1.82, 2.24) is 4.98 Å². The van der Waals surface area contributed by atoms with E-state index in [-0.39, 0.29) is 0 Å². The summed E-state index contributed by atoms with van der Waals surface area (Å²) in [5.41, 5.74) is 7.47. The standard InChI is InChI=1S/C13H17N3OS/c1-3-17-12-6-10(4-5-11(12)14)15-8-13-16-7-9(2)18-13/h4-7,15H,3,8,14H2,1-2H3. The van der Waals surface area contributed by atoms with Gasteiger partial charge in [-0.3, -0.25) is 0 Å². The van der Waals surface area contributed by atoms with E-state index < -0.39 is 0 Å². The molecule has 0 aliphatic rings. The first-order valence-corrected chi connectivity index (χ1v) is 6.68. The van der Waals surface area contributed by atoms with Crippen LogP contribution in [0.1, 0.15) is 16.8 Å². The Morgan fingerprint density at radius 1 is 1.44 bits per heavy atom. The second kappa shape index (κ2) is 5.73. The van der Waals surface area contributed by atoms with E-state index in [9.17, 15) is 0 Å². The number of anilines is 2. The lowest BCUT2D eigenvalue weighted by molar-refractivity contribution is 0.342. The second-order valence-electron chi connectivity index (χ2n) is 3.90. The second-order valence-corrected chi connectivity index (χ2v) is 5.22. The predicted molar refractivity (Wildman–Crippen MR) is 76.2 cm³/mol. The fourth-order valence-corrected chi connectivity index (χ4v) is 2.31. The van der Waals surface area contributed by atoms with Gasteiger partial charge in [-0.25, -0.2) is 4.98 Å². The molecule has 0 radical (unpaired) electrons. The summed E-state index contributed by atoms with van der Waals surface area (Å²) < 4.78 is 5.46. The summed E-state index contributed by atoms with van der Waals surface area (Å²) >= 11 is 1.70. The number of hydrogen-bond donors (Lipinski definition) is 2. The Balaban J connectivity index is 2.03. The molecule has 1 heterocycles. The molecule has 2 rings (SSSR count). The van der Waals surface area contributed by atoms with Crippen molar-refractivity contribution in [1.29, 1.82) is 0 Å². The Kier molecular flexibility index (Phi) is 4.04. The third kappa shape index (κ3) is 3.13. The van der Waals surface area contributed by atoms with Gasteiger partial charge in [-0.15, -0.1) is 11.3 Å². The number of thiazole rings is 1. The smallest absolute Gasteiger partial charge is 0.144 e. The van der Waals surface area contributed by atoms with Gasteiger partial charge >= 0.3 is 0 Å². The summed E-state index contributed by atoms with van der Waals surface area (Å²) in [5, 5.41) is 4.38. The van der Waals surface area contributed by atoms with Crippen LogP contribution in [0.25, 0.3) is 0 Å². The molecule has 0 bridgehead atoms. The summed E-state index contributed by atoms with van der Waals surface area (Å²) in [6, 6.07) is 5.71. The van der Waals surface area contributed by atoms with Crippen LogP contribution in [0.4, 0.5) is 11.4 Å². The van der Waals surface area contributed by atoms with Gasteiger partial charge < -0.3 is 15.8 Å². The molecule has 0 spiro atoms. The average Bonchev–Trinajstić information content (AvgIpc) is 2.76. The topological polar surface area (TPSA) is 60.2 Å². The van der Waals surface area contributed by atoms with Crippen molar-refractivity contribution in [2.45, 2.75) is 20.4 Å². The Morgan fingerprint density at radius 2 is 2.28 bits per heavy atom. The summed E-state index contributed by atoms with van der Waals surface area (Å²) in [5.74, 6) is 0.720. The van der Waals surface area contributed by atoms with Gasteiger partial charge in [0, 0.05) is 22.8 Å². The molecule has 5 heteroatoms. The molecule has 0 saturated carbocycles. The number of benzene rings is 1. The first kappa shape index (κ1) is 12.7. The highest BCUT2D eigenvalue weighted by molar-refractivity contribution is 7.11. The van der Waals surface area contributed by atoms with Crippen LogP contribution in [0.15, 0.2) is 24.4 Å².